The van der Waals surface area contributed by atoms with Crippen LogP contribution in [0.1, 0.15) is 25.3 Å². The van der Waals surface area contributed by atoms with Gasteiger partial charge < -0.3 is 10.6 Å². The van der Waals surface area contributed by atoms with Crippen molar-refractivity contribution in [3.8, 4) is 0 Å². The molecule has 6 nitrogen and oxygen atoms in total. The number of rotatable bonds is 5. The highest BCUT2D eigenvalue weighted by Gasteiger charge is 2.28. The number of carbonyl (C=O) groups is 1. The highest BCUT2D eigenvalue weighted by atomic mass is 32.2. The van der Waals surface area contributed by atoms with Crippen LogP contribution in [0.5, 0.6) is 0 Å². The molecule has 0 aromatic heterocycles. The molecule has 116 valence electrons. The van der Waals surface area contributed by atoms with Gasteiger partial charge in [-0.1, -0.05) is 18.2 Å². The summed E-state index contributed by atoms with van der Waals surface area (Å²) in [6.45, 7) is 3.10. The fourth-order valence-corrected chi connectivity index (χ4v) is 3.94. The SMILES string of the molecule is CC(NS(=O)(=O)c1ccccc1CN)C(=O)N1CCCC1. The lowest BCUT2D eigenvalue weighted by molar-refractivity contribution is -0.131. The summed E-state index contributed by atoms with van der Waals surface area (Å²) in [4.78, 5) is 14.0. The molecule has 1 unspecified atom stereocenters. The molecule has 1 aliphatic rings. The Labute approximate surface area is 125 Å². The predicted molar refractivity (Wildman–Crippen MR) is 79.9 cm³/mol. The zero-order chi connectivity index (χ0) is 15.5. The maximum atomic E-state index is 12.4. The highest BCUT2D eigenvalue weighted by molar-refractivity contribution is 7.89. The van der Waals surface area contributed by atoms with Gasteiger partial charge in [-0.05, 0) is 31.4 Å². The van der Waals surface area contributed by atoms with E-state index >= 15 is 0 Å². The van der Waals surface area contributed by atoms with Crippen molar-refractivity contribution in [2.24, 2.45) is 5.73 Å². The third-order valence-electron chi connectivity index (χ3n) is 3.60. The van der Waals surface area contributed by atoms with Crippen molar-refractivity contribution in [1.82, 2.24) is 9.62 Å². The third kappa shape index (κ3) is 3.61. The molecule has 3 N–H and O–H groups in total. The maximum Gasteiger partial charge on any atom is 0.241 e. The number of sulfonamides is 1. The van der Waals surface area contributed by atoms with Gasteiger partial charge in [-0.3, -0.25) is 4.79 Å². The Morgan fingerprint density at radius 1 is 1.33 bits per heavy atom. The molecule has 0 radical (unpaired) electrons. The van der Waals surface area contributed by atoms with Crippen molar-refractivity contribution in [1.29, 1.82) is 0 Å². The lowest BCUT2D eigenvalue weighted by Gasteiger charge is -2.21. The van der Waals surface area contributed by atoms with Crippen molar-refractivity contribution >= 4 is 15.9 Å². The van der Waals surface area contributed by atoms with Gasteiger partial charge in [-0.15, -0.1) is 0 Å². The number of benzene rings is 1. The number of nitrogens with zero attached hydrogens (tertiary/aromatic N) is 1. The van der Waals surface area contributed by atoms with Crippen LogP contribution in [0.3, 0.4) is 0 Å². The molecule has 1 fully saturated rings. The van der Waals surface area contributed by atoms with Gasteiger partial charge in [0.2, 0.25) is 15.9 Å². The summed E-state index contributed by atoms with van der Waals surface area (Å²) in [6.07, 6.45) is 1.95. The highest BCUT2D eigenvalue weighted by Crippen LogP contribution is 2.16. The van der Waals surface area contributed by atoms with E-state index in [0.717, 1.165) is 12.8 Å². The fourth-order valence-electron chi connectivity index (χ4n) is 2.49. The second kappa shape index (κ2) is 6.55. The molecule has 0 bridgehead atoms. The van der Waals surface area contributed by atoms with E-state index in [1.807, 2.05) is 0 Å². The van der Waals surface area contributed by atoms with Crippen LogP contribution in [0.4, 0.5) is 0 Å². The molecule has 1 heterocycles. The van der Waals surface area contributed by atoms with Crippen molar-refractivity contribution < 1.29 is 13.2 Å². The average Bonchev–Trinajstić information content (AvgIpc) is 3.00. The molecule has 0 spiro atoms. The lowest BCUT2D eigenvalue weighted by Crippen LogP contribution is -2.46. The summed E-state index contributed by atoms with van der Waals surface area (Å²) >= 11 is 0. The van der Waals surface area contributed by atoms with E-state index in [-0.39, 0.29) is 17.3 Å². The van der Waals surface area contributed by atoms with E-state index in [9.17, 15) is 13.2 Å². The minimum atomic E-state index is -3.75. The van der Waals surface area contributed by atoms with Gasteiger partial charge in [-0.2, -0.15) is 4.72 Å². The van der Waals surface area contributed by atoms with E-state index in [2.05, 4.69) is 4.72 Å². The second-order valence-corrected chi connectivity index (χ2v) is 6.87. The Morgan fingerprint density at radius 3 is 2.57 bits per heavy atom. The van der Waals surface area contributed by atoms with Crippen LogP contribution >= 0.6 is 0 Å². The molecule has 0 saturated carbocycles. The van der Waals surface area contributed by atoms with Gasteiger partial charge in [0, 0.05) is 19.6 Å². The number of nitrogens with one attached hydrogen (secondary N) is 1. The minimum Gasteiger partial charge on any atom is -0.341 e. The number of likely N-dealkylation sites (tertiary alicyclic amines) is 1. The van der Waals surface area contributed by atoms with Gasteiger partial charge in [-0.25, -0.2) is 8.42 Å². The summed E-state index contributed by atoms with van der Waals surface area (Å²) in [5.74, 6) is -0.179. The zero-order valence-electron chi connectivity index (χ0n) is 12.1. The summed E-state index contributed by atoms with van der Waals surface area (Å²) in [7, 11) is -3.75. The number of hydrogen-bond donors (Lipinski definition) is 2. The molecule has 1 atom stereocenters. The quantitative estimate of drug-likeness (QED) is 0.825. The van der Waals surface area contributed by atoms with Crippen LogP contribution < -0.4 is 10.5 Å². The Bertz CT molecular complexity index is 610. The molecule has 1 aliphatic heterocycles. The van der Waals surface area contributed by atoms with Gasteiger partial charge in [0.25, 0.3) is 0 Å². The minimum absolute atomic E-state index is 0.130. The summed E-state index contributed by atoms with van der Waals surface area (Å²) in [5, 5.41) is 0. The van der Waals surface area contributed by atoms with Crippen LogP contribution in [-0.4, -0.2) is 38.4 Å². The first-order chi connectivity index (χ1) is 9.95. The van der Waals surface area contributed by atoms with E-state index in [0.29, 0.717) is 18.7 Å². The van der Waals surface area contributed by atoms with E-state index in [4.69, 9.17) is 5.73 Å². The number of carbonyl (C=O) groups excluding carboxylic acids is 1. The van der Waals surface area contributed by atoms with Crippen LogP contribution in [-0.2, 0) is 21.4 Å². The van der Waals surface area contributed by atoms with Gasteiger partial charge in [0.1, 0.15) is 0 Å². The third-order valence-corrected chi connectivity index (χ3v) is 5.24. The maximum absolute atomic E-state index is 12.4. The van der Waals surface area contributed by atoms with Crippen LogP contribution in [0.2, 0.25) is 0 Å². The monoisotopic (exact) mass is 311 g/mol. The molecule has 1 aromatic carbocycles. The summed E-state index contributed by atoms with van der Waals surface area (Å²) < 4.78 is 27.3. The standard InChI is InChI=1S/C14H21N3O3S/c1-11(14(18)17-8-4-5-9-17)16-21(19,20)13-7-3-2-6-12(13)10-15/h2-3,6-7,11,16H,4-5,8-10,15H2,1H3. The Balaban J connectivity index is 2.15. The normalized spacial score (nSPS) is 17.0. The Kier molecular flexibility index (Phi) is 4.97. The van der Waals surface area contributed by atoms with Gasteiger partial charge in [0.15, 0.2) is 0 Å². The van der Waals surface area contributed by atoms with Gasteiger partial charge >= 0.3 is 0 Å². The first kappa shape index (κ1) is 15.9. The number of nitrogens with two attached hydrogens (primary N) is 1. The molecule has 21 heavy (non-hydrogen) atoms. The largest absolute Gasteiger partial charge is 0.341 e. The molecular weight excluding hydrogens is 290 g/mol. The summed E-state index contributed by atoms with van der Waals surface area (Å²) in [6, 6.07) is 5.76. The molecule has 7 heteroatoms. The van der Waals surface area contributed by atoms with E-state index in [1.165, 1.54) is 6.07 Å². The topological polar surface area (TPSA) is 92.5 Å². The van der Waals surface area contributed by atoms with E-state index in [1.54, 1.807) is 30.0 Å². The van der Waals surface area contributed by atoms with Crippen molar-refractivity contribution in [3.63, 3.8) is 0 Å². The second-order valence-electron chi connectivity index (χ2n) is 5.19. The van der Waals surface area contributed by atoms with Crippen molar-refractivity contribution in [2.45, 2.75) is 37.2 Å². The molecule has 0 aliphatic carbocycles. The molecular formula is C14H21N3O3S. The zero-order valence-corrected chi connectivity index (χ0v) is 12.9. The van der Waals surface area contributed by atoms with Crippen molar-refractivity contribution in [3.05, 3.63) is 29.8 Å². The average molecular weight is 311 g/mol. The Morgan fingerprint density at radius 2 is 1.95 bits per heavy atom. The van der Waals surface area contributed by atoms with Crippen LogP contribution in [0.25, 0.3) is 0 Å². The molecule has 1 aromatic rings. The number of hydrogen-bond acceptors (Lipinski definition) is 4. The lowest BCUT2D eigenvalue weighted by atomic mass is 10.2. The van der Waals surface area contributed by atoms with E-state index < -0.39 is 16.1 Å². The predicted octanol–water partition coefficient (Wildman–Crippen LogP) is 0.435. The van der Waals surface area contributed by atoms with Gasteiger partial charge in [0.05, 0.1) is 10.9 Å². The molecule has 1 saturated heterocycles. The van der Waals surface area contributed by atoms with Crippen LogP contribution in [0, 0.1) is 0 Å². The molecule has 2 rings (SSSR count). The first-order valence-electron chi connectivity index (χ1n) is 7.05. The Hall–Kier alpha value is -1.44. The first-order valence-corrected chi connectivity index (χ1v) is 8.53. The summed E-state index contributed by atoms with van der Waals surface area (Å²) in [5.41, 5.74) is 6.10. The number of amides is 1. The molecule has 1 amide bonds. The smallest absolute Gasteiger partial charge is 0.241 e. The fraction of sp³-hybridized carbons (Fsp3) is 0.500. The van der Waals surface area contributed by atoms with Crippen LogP contribution in [0.15, 0.2) is 29.2 Å². The van der Waals surface area contributed by atoms with Crippen molar-refractivity contribution in [2.75, 3.05) is 13.1 Å².